The van der Waals surface area contributed by atoms with Crippen molar-refractivity contribution < 1.29 is 28.5 Å². The number of benzene rings is 2. The Labute approximate surface area is 211 Å². The fraction of sp³-hybridized carbons (Fsp3) is 0.481. The molecule has 5 rings (SSSR count). The molecule has 1 N–H and O–H groups in total. The number of likely N-dealkylation sites (tertiary alicyclic amines) is 2. The number of amides is 2. The second-order valence-electron chi connectivity index (χ2n) is 9.46. The van der Waals surface area contributed by atoms with Crippen molar-refractivity contribution in [2.75, 3.05) is 52.5 Å². The summed E-state index contributed by atoms with van der Waals surface area (Å²) in [6.45, 7) is 2.73. The molecule has 0 aromatic heterocycles. The Balaban J connectivity index is 1.15. The number of nitrogens with zero attached hydrogens (tertiary/aromatic N) is 2. The second-order valence-corrected chi connectivity index (χ2v) is 9.46. The standard InChI is InChI=1S/C27H33N3O6/c1-33-20-6-8-23(34-2)21(15-20)22-4-3-11-30(22)26(31)16-29-12-9-18(10-13-29)27(32)28-19-5-7-24-25(14-19)36-17-35-24/h5-8,14-15,18,22H,3-4,9-13,16-17H2,1-2H3,(H,28,32)/t22-/m1/s1. The molecule has 3 aliphatic rings. The minimum Gasteiger partial charge on any atom is -0.497 e. The summed E-state index contributed by atoms with van der Waals surface area (Å²) in [5, 5.41) is 3.00. The molecule has 9 nitrogen and oxygen atoms in total. The van der Waals surface area contributed by atoms with Gasteiger partial charge in [0.25, 0.3) is 0 Å². The van der Waals surface area contributed by atoms with Crippen molar-refractivity contribution >= 4 is 17.5 Å². The number of ether oxygens (including phenoxy) is 4. The summed E-state index contributed by atoms with van der Waals surface area (Å²) in [4.78, 5) is 30.3. The van der Waals surface area contributed by atoms with Gasteiger partial charge >= 0.3 is 0 Å². The molecular weight excluding hydrogens is 462 g/mol. The molecule has 0 saturated carbocycles. The molecule has 2 fully saturated rings. The smallest absolute Gasteiger partial charge is 0.237 e. The number of nitrogens with one attached hydrogen (secondary N) is 1. The number of hydrogen-bond acceptors (Lipinski definition) is 7. The SMILES string of the molecule is COc1ccc(OC)c([C@H]2CCCN2C(=O)CN2CCC(C(=O)Nc3ccc4c(c3)OCO4)CC2)c1. The zero-order valence-electron chi connectivity index (χ0n) is 20.8. The summed E-state index contributed by atoms with van der Waals surface area (Å²) < 4.78 is 21.7. The zero-order valence-corrected chi connectivity index (χ0v) is 20.8. The van der Waals surface area contributed by atoms with Gasteiger partial charge in [0.15, 0.2) is 11.5 Å². The monoisotopic (exact) mass is 495 g/mol. The maximum atomic E-state index is 13.3. The first-order chi connectivity index (χ1) is 17.6. The number of piperidine rings is 1. The summed E-state index contributed by atoms with van der Waals surface area (Å²) in [6.07, 6.45) is 3.30. The van der Waals surface area contributed by atoms with E-state index in [1.807, 2.05) is 29.2 Å². The van der Waals surface area contributed by atoms with Crippen LogP contribution >= 0.6 is 0 Å². The number of fused-ring (bicyclic) bond motifs is 1. The van der Waals surface area contributed by atoms with Crippen molar-refractivity contribution in [1.82, 2.24) is 9.80 Å². The molecule has 0 unspecified atom stereocenters. The Hall–Kier alpha value is -3.46. The highest BCUT2D eigenvalue weighted by Gasteiger charge is 2.34. The lowest BCUT2D eigenvalue weighted by atomic mass is 9.95. The third-order valence-electron chi connectivity index (χ3n) is 7.33. The van der Waals surface area contributed by atoms with Crippen molar-refractivity contribution in [3.05, 3.63) is 42.0 Å². The van der Waals surface area contributed by atoms with Crippen LogP contribution in [0.15, 0.2) is 36.4 Å². The van der Waals surface area contributed by atoms with E-state index in [9.17, 15) is 9.59 Å². The number of methoxy groups -OCH3 is 2. The number of rotatable bonds is 7. The fourth-order valence-corrected chi connectivity index (χ4v) is 5.34. The van der Waals surface area contributed by atoms with Crippen molar-refractivity contribution in [2.24, 2.45) is 5.92 Å². The molecule has 3 heterocycles. The van der Waals surface area contributed by atoms with Crippen molar-refractivity contribution in [2.45, 2.75) is 31.7 Å². The van der Waals surface area contributed by atoms with Crippen LogP contribution in [0.25, 0.3) is 0 Å². The summed E-state index contributed by atoms with van der Waals surface area (Å²) >= 11 is 0. The molecule has 3 aliphatic heterocycles. The lowest BCUT2D eigenvalue weighted by Crippen LogP contribution is -2.44. The predicted molar refractivity (Wildman–Crippen MR) is 134 cm³/mol. The Bertz CT molecular complexity index is 1110. The molecule has 2 saturated heterocycles. The highest BCUT2D eigenvalue weighted by Crippen LogP contribution is 2.39. The molecular formula is C27H33N3O6. The van der Waals surface area contributed by atoms with E-state index in [-0.39, 0.29) is 30.6 Å². The van der Waals surface area contributed by atoms with Gasteiger partial charge in [-0.25, -0.2) is 0 Å². The van der Waals surface area contributed by atoms with Crippen molar-refractivity contribution in [3.63, 3.8) is 0 Å². The minimum atomic E-state index is -0.0812. The maximum absolute atomic E-state index is 13.3. The van der Waals surface area contributed by atoms with E-state index in [0.29, 0.717) is 36.8 Å². The molecule has 1 atom stereocenters. The van der Waals surface area contributed by atoms with Gasteiger partial charge in [0, 0.05) is 29.8 Å². The highest BCUT2D eigenvalue weighted by atomic mass is 16.7. The van der Waals surface area contributed by atoms with E-state index in [0.717, 1.165) is 49.3 Å². The average Bonchev–Trinajstić information content (AvgIpc) is 3.58. The number of carbonyl (C=O) groups excluding carboxylic acids is 2. The Morgan fingerprint density at radius 3 is 2.56 bits per heavy atom. The first kappa shape index (κ1) is 24.2. The minimum absolute atomic E-state index is 0.00423. The molecule has 2 aromatic rings. The van der Waals surface area contributed by atoms with E-state index >= 15 is 0 Å². The van der Waals surface area contributed by atoms with E-state index in [2.05, 4.69) is 10.2 Å². The molecule has 0 spiro atoms. The van der Waals surface area contributed by atoms with Gasteiger partial charge in [0.2, 0.25) is 18.6 Å². The number of carbonyl (C=O) groups is 2. The molecule has 192 valence electrons. The summed E-state index contributed by atoms with van der Waals surface area (Å²) in [6, 6.07) is 11.1. The first-order valence-corrected chi connectivity index (χ1v) is 12.5. The lowest BCUT2D eigenvalue weighted by molar-refractivity contribution is -0.133. The number of hydrogen-bond donors (Lipinski definition) is 1. The Kier molecular flexibility index (Phi) is 7.18. The summed E-state index contributed by atoms with van der Waals surface area (Å²) in [7, 11) is 3.29. The van der Waals surface area contributed by atoms with Crippen LogP contribution in [0, 0.1) is 5.92 Å². The molecule has 0 aliphatic carbocycles. The van der Waals surface area contributed by atoms with Crippen LogP contribution in [-0.4, -0.2) is 68.8 Å². The largest absolute Gasteiger partial charge is 0.497 e. The van der Waals surface area contributed by atoms with E-state index in [4.69, 9.17) is 18.9 Å². The van der Waals surface area contributed by atoms with Crippen LogP contribution in [0.4, 0.5) is 5.69 Å². The summed E-state index contributed by atoms with van der Waals surface area (Å²) in [5.41, 5.74) is 1.69. The van der Waals surface area contributed by atoms with Gasteiger partial charge in [-0.05, 0) is 69.1 Å². The van der Waals surface area contributed by atoms with Crippen molar-refractivity contribution in [1.29, 1.82) is 0 Å². The molecule has 2 aromatic carbocycles. The topological polar surface area (TPSA) is 89.6 Å². The molecule has 9 heteroatoms. The van der Waals surface area contributed by atoms with Gasteiger partial charge in [-0.1, -0.05) is 0 Å². The third-order valence-corrected chi connectivity index (χ3v) is 7.33. The van der Waals surface area contributed by atoms with E-state index < -0.39 is 0 Å². The molecule has 36 heavy (non-hydrogen) atoms. The third kappa shape index (κ3) is 5.06. The zero-order chi connectivity index (χ0) is 25.1. The number of anilines is 1. The van der Waals surface area contributed by atoms with Gasteiger partial charge < -0.3 is 29.2 Å². The fourth-order valence-electron chi connectivity index (χ4n) is 5.34. The lowest BCUT2D eigenvalue weighted by Gasteiger charge is -2.33. The second kappa shape index (κ2) is 10.7. The van der Waals surface area contributed by atoms with Gasteiger partial charge in [-0.15, -0.1) is 0 Å². The van der Waals surface area contributed by atoms with Crippen LogP contribution < -0.4 is 24.3 Å². The van der Waals surface area contributed by atoms with Crippen molar-refractivity contribution in [3.8, 4) is 23.0 Å². The quantitative estimate of drug-likeness (QED) is 0.629. The summed E-state index contributed by atoms with van der Waals surface area (Å²) in [5.74, 6) is 2.91. The normalized spacial score (nSPS) is 19.8. The predicted octanol–water partition coefficient (Wildman–Crippen LogP) is 3.45. The molecule has 2 amide bonds. The van der Waals surface area contributed by atoms with Crippen LogP contribution in [0.5, 0.6) is 23.0 Å². The van der Waals surface area contributed by atoms with Gasteiger partial charge in [-0.2, -0.15) is 0 Å². The van der Waals surface area contributed by atoms with E-state index in [1.54, 1.807) is 26.4 Å². The highest BCUT2D eigenvalue weighted by molar-refractivity contribution is 5.93. The molecule has 0 radical (unpaired) electrons. The Morgan fingerprint density at radius 1 is 0.972 bits per heavy atom. The Morgan fingerprint density at radius 2 is 1.78 bits per heavy atom. The van der Waals surface area contributed by atoms with Gasteiger partial charge in [0.1, 0.15) is 11.5 Å². The maximum Gasteiger partial charge on any atom is 0.237 e. The average molecular weight is 496 g/mol. The van der Waals surface area contributed by atoms with Crippen LogP contribution in [-0.2, 0) is 9.59 Å². The van der Waals surface area contributed by atoms with Crippen LogP contribution in [0.1, 0.15) is 37.3 Å². The van der Waals surface area contributed by atoms with Gasteiger partial charge in [-0.3, -0.25) is 14.5 Å². The first-order valence-electron chi connectivity index (χ1n) is 12.5. The van der Waals surface area contributed by atoms with Gasteiger partial charge in [0.05, 0.1) is 26.8 Å². The van der Waals surface area contributed by atoms with Crippen LogP contribution in [0.2, 0.25) is 0 Å². The van der Waals surface area contributed by atoms with Crippen LogP contribution in [0.3, 0.4) is 0 Å². The molecule has 0 bridgehead atoms. The van der Waals surface area contributed by atoms with E-state index in [1.165, 1.54) is 0 Å².